The van der Waals surface area contributed by atoms with Crippen LogP contribution in [0.4, 0.5) is 16.3 Å². The predicted octanol–water partition coefficient (Wildman–Crippen LogP) is 5.87. The first-order chi connectivity index (χ1) is 16.1. The molecule has 7 nitrogen and oxygen atoms in total. The number of hydrogen-bond acceptors (Lipinski definition) is 4. The molecule has 0 aliphatic carbocycles. The Kier molecular flexibility index (Phi) is 7.44. The van der Waals surface area contributed by atoms with E-state index in [1.54, 1.807) is 0 Å². The first-order valence-corrected chi connectivity index (χ1v) is 12.2. The number of nitrogen functional groups attached to an aromatic ring is 1. The number of hydrogen-bond donors (Lipinski definition) is 3. The van der Waals surface area contributed by atoms with E-state index in [1.807, 2.05) is 42.5 Å². The number of urea groups is 1. The summed E-state index contributed by atoms with van der Waals surface area (Å²) in [6, 6.07) is 15.4. The molecule has 0 bridgehead atoms. The number of para-hydroxylation sites is 1. The fraction of sp³-hybridized carbons (Fsp3) is 0.320. The highest BCUT2D eigenvalue weighted by Crippen LogP contribution is 2.29. The molecule has 0 radical (unpaired) electrons. The Labute approximate surface area is 201 Å². The second-order valence-electron chi connectivity index (χ2n) is 8.09. The second-order valence-corrected chi connectivity index (χ2v) is 9.01. The minimum absolute atomic E-state index is 0.195. The van der Waals surface area contributed by atoms with Crippen LogP contribution < -0.4 is 16.4 Å². The third kappa shape index (κ3) is 5.45. The Bertz CT molecular complexity index is 1250. The van der Waals surface area contributed by atoms with E-state index < -0.39 is 0 Å². The van der Waals surface area contributed by atoms with Crippen LogP contribution in [0.2, 0.25) is 0 Å². The van der Waals surface area contributed by atoms with Gasteiger partial charge in [-0.25, -0.2) is 14.8 Å². The summed E-state index contributed by atoms with van der Waals surface area (Å²) in [6.07, 6.45) is 4.87. The molecule has 0 aliphatic rings. The number of benzene rings is 2. The molecule has 8 heteroatoms. The van der Waals surface area contributed by atoms with Crippen LogP contribution in [0, 0.1) is 0 Å². The van der Waals surface area contributed by atoms with Gasteiger partial charge in [0.15, 0.2) is 5.82 Å². The van der Waals surface area contributed by atoms with Crippen LogP contribution in [0.3, 0.4) is 0 Å². The Morgan fingerprint density at radius 1 is 1.06 bits per heavy atom. The maximum Gasteiger partial charge on any atom is 0.319 e. The molecule has 4 rings (SSSR count). The third-order valence-electron chi connectivity index (χ3n) is 5.64. The minimum Gasteiger partial charge on any atom is -0.382 e. The second kappa shape index (κ2) is 10.7. The molecule has 0 atom stereocenters. The molecule has 2 aromatic heterocycles. The Balaban J connectivity index is 1.43. The molecule has 0 spiro atoms. The Hall–Kier alpha value is -3.13. The molecule has 0 saturated heterocycles. The number of aryl methyl sites for hydroxylation is 2. The predicted molar refractivity (Wildman–Crippen MR) is 138 cm³/mol. The van der Waals surface area contributed by atoms with Crippen molar-refractivity contribution in [2.45, 2.75) is 45.6 Å². The number of carbonyl (C=O) groups is 1. The fourth-order valence-electron chi connectivity index (χ4n) is 3.98. The van der Waals surface area contributed by atoms with Gasteiger partial charge in [0.2, 0.25) is 0 Å². The number of halogens is 1. The summed E-state index contributed by atoms with van der Waals surface area (Å²) in [6.45, 7) is 3.60. The average Bonchev–Trinajstić information content (AvgIpc) is 3.18. The summed E-state index contributed by atoms with van der Waals surface area (Å²) in [5.74, 6) is 1.53. The van der Waals surface area contributed by atoms with Gasteiger partial charge in [-0.15, -0.1) is 0 Å². The topological polar surface area (TPSA) is 97.9 Å². The molecular weight excluding hydrogens is 480 g/mol. The molecule has 2 amide bonds. The van der Waals surface area contributed by atoms with Crippen LogP contribution in [-0.4, -0.2) is 27.1 Å². The maximum atomic E-state index is 12.2. The smallest absolute Gasteiger partial charge is 0.319 e. The number of anilines is 2. The molecule has 2 heterocycles. The van der Waals surface area contributed by atoms with E-state index in [2.05, 4.69) is 49.1 Å². The maximum absolute atomic E-state index is 12.2. The Morgan fingerprint density at radius 3 is 2.64 bits per heavy atom. The van der Waals surface area contributed by atoms with Gasteiger partial charge in [0.05, 0.1) is 11.0 Å². The van der Waals surface area contributed by atoms with Gasteiger partial charge in [0, 0.05) is 35.1 Å². The van der Waals surface area contributed by atoms with Gasteiger partial charge >= 0.3 is 6.03 Å². The van der Waals surface area contributed by atoms with E-state index in [4.69, 9.17) is 10.7 Å². The minimum atomic E-state index is -0.195. The summed E-state index contributed by atoms with van der Waals surface area (Å²) in [7, 11) is 0. The van der Waals surface area contributed by atoms with Gasteiger partial charge in [0.25, 0.3) is 0 Å². The van der Waals surface area contributed by atoms with E-state index in [0.29, 0.717) is 12.4 Å². The summed E-state index contributed by atoms with van der Waals surface area (Å²) in [5, 5.41) is 6.86. The number of nitrogens with one attached hydrogen (secondary N) is 2. The molecule has 0 saturated carbocycles. The van der Waals surface area contributed by atoms with Crippen molar-refractivity contribution in [3.8, 4) is 0 Å². The van der Waals surface area contributed by atoms with Crippen molar-refractivity contribution in [2.75, 3.05) is 17.6 Å². The van der Waals surface area contributed by atoms with Gasteiger partial charge in [-0.3, -0.25) is 0 Å². The molecule has 0 unspecified atom stereocenters. The Morgan fingerprint density at radius 2 is 1.85 bits per heavy atom. The molecule has 2 aromatic carbocycles. The number of fused-ring (bicyclic) bond motifs is 3. The number of nitrogens with zero attached hydrogens (tertiary/aromatic N) is 3. The first kappa shape index (κ1) is 23.0. The molecule has 0 aliphatic heterocycles. The summed E-state index contributed by atoms with van der Waals surface area (Å²) >= 11 is 3.39. The SMILES string of the molecule is CCCCc1nc2c(N)nc3ccccc3c2n1CCCCNC(=O)Nc1ccc(Br)cc1. The van der Waals surface area contributed by atoms with Gasteiger partial charge in [-0.05, 0) is 49.6 Å². The molecule has 0 fully saturated rings. The number of nitrogens with two attached hydrogens (primary N) is 1. The van der Waals surface area contributed by atoms with Gasteiger partial charge in [-0.2, -0.15) is 0 Å². The number of rotatable bonds is 9. The summed E-state index contributed by atoms with van der Waals surface area (Å²) in [5.41, 5.74) is 9.76. The quantitative estimate of drug-likeness (QED) is 0.246. The van der Waals surface area contributed by atoms with Crippen molar-refractivity contribution in [2.24, 2.45) is 0 Å². The number of imidazole rings is 1. The van der Waals surface area contributed by atoms with Crippen molar-refractivity contribution in [1.29, 1.82) is 0 Å². The van der Waals surface area contributed by atoms with Crippen LogP contribution in [0.5, 0.6) is 0 Å². The highest BCUT2D eigenvalue weighted by Gasteiger charge is 2.16. The van der Waals surface area contributed by atoms with E-state index >= 15 is 0 Å². The van der Waals surface area contributed by atoms with Crippen LogP contribution >= 0.6 is 15.9 Å². The zero-order chi connectivity index (χ0) is 23.2. The highest BCUT2D eigenvalue weighted by molar-refractivity contribution is 9.10. The largest absolute Gasteiger partial charge is 0.382 e. The molecule has 33 heavy (non-hydrogen) atoms. The molecular formula is C25H29BrN6O. The van der Waals surface area contributed by atoms with E-state index in [9.17, 15) is 4.79 Å². The van der Waals surface area contributed by atoms with E-state index in [0.717, 1.165) is 76.6 Å². The van der Waals surface area contributed by atoms with E-state index in [1.165, 1.54) is 0 Å². The lowest BCUT2D eigenvalue weighted by Crippen LogP contribution is -2.29. The summed E-state index contributed by atoms with van der Waals surface area (Å²) < 4.78 is 3.27. The monoisotopic (exact) mass is 508 g/mol. The fourth-order valence-corrected chi connectivity index (χ4v) is 4.24. The zero-order valence-electron chi connectivity index (χ0n) is 18.8. The molecule has 4 aromatic rings. The standard InChI is InChI=1S/C25H29BrN6O/c1-2-3-10-21-31-22-23(19-8-4-5-9-20(19)30-24(22)27)32(21)16-7-6-15-28-25(33)29-18-13-11-17(26)12-14-18/h4-5,8-9,11-14H,2-3,6-7,10,15-16H2,1H3,(H2,27,30)(H2,28,29,33). The van der Waals surface area contributed by atoms with Crippen molar-refractivity contribution in [3.63, 3.8) is 0 Å². The summed E-state index contributed by atoms with van der Waals surface area (Å²) in [4.78, 5) is 21.6. The lowest BCUT2D eigenvalue weighted by molar-refractivity contribution is 0.252. The lowest BCUT2D eigenvalue weighted by atomic mass is 10.2. The van der Waals surface area contributed by atoms with Crippen molar-refractivity contribution < 1.29 is 4.79 Å². The zero-order valence-corrected chi connectivity index (χ0v) is 20.4. The highest BCUT2D eigenvalue weighted by atomic mass is 79.9. The van der Waals surface area contributed by atoms with Crippen LogP contribution in [-0.2, 0) is 13.0 Å². The van der Waals surface area contributed by atoms with Gasteiger partial charge in [0.1, 0.15) is 11.3 Å². The van der Waals surface area contributed by atoms with Crippen LogP contribution in [0.15, 0.2) is 53.0 Å². The number of pyridine rings is 1. The number of amides is 2. The van der Waals surface area contributed by atoms with Crippen molar-refractivity contribution >= 4 is 55.4 Å². The van der Waals surface area contributed by atoms with Crippen LogP contribution in [0.25, 0.3) is 21.9 Å². The van der Waals surface area contributed by atoms with Crippen molar-refractivity contribution in [1.82, 2.24) is 19.9 Å². The third-order valence-corrected chi connectivity index (χ3v) is 6.17. The first-order valence-electron chi connectivity index (χ1n) is 11.4. The van der Waals surface area contributed by atoms with E-state index in [-0.39, 0.29) is 6.03 Å². The number of aromatic nitrogens is 3. The normalized spacial score (nSPS) is 11.2. The molecule has 4 N–H and O–H groups in total. The van der Waals surface area contributed by atoms with Crippen LogP contribution in [0.1, 0.15) is 38.4 Å². The number of carbonyl (C=O) groups excluding carboxylic acids is 1. The van der Waals surface area contributed by atoms with Crippen molar-refractivity contribution in [3.05, 3.63) is 58.8 Å². The average molecular weight is 509 g/mol. The van der Waals surface area contributed by atoms with Gasteiger partial charge < -0.3 is 20.9 Å². The number of unbranched alkanes of at least 4 members (excludes halogenated alkanes) is 2. The molecule has 172 valence electrons. The lowest BCUT2D eigenvalue weighted by Gasteiger charge is -2.12. The van der Waals surface area contributed by atoms with Gasteiger partial charge in [-0.1, -0.05) is 47.5 Å².